The normalized spacial score (nSPS) is 11.2. The lowest BCUT2D eigenvalue weighted by molar-refractivity contribution is 0.189. The number of thioether (sulfide) groups is 1. The summed E-state index contributed by atoms with van der Waals surface area (Å²) in [4.78, 5) is 17.7. The van der Waals surface area contributed by atoms with Crippen LogP contribution in [0.15, 0.2) is 52.4 Å². The maximum absolute atomic E-state index is 13.0. The molecule has 4 nitrogen and oxygen atoms in total. The molecule has 0 saturated heterocycles. The lowest BCUT2D eigenvalue weighted by atomic mass is 10.1. The number of nitrogens with zero attached hydrogens (tertiary/aromatic N) is 2. The van der Waals surface area contributed by atoms with Crippen LogP contribution >= 0.6 is 23.4 Å². The molecular formula is C20H21ClN2O2S. The van der Waals surface area contributed by atoms with Gasteiger partial charge < -0.3 is 4.74 Å². The highest BCUT2D eigenvalue weighted by Gasteiger charge is 2.12. The Morgan fingerprint density at radius 3 is 2.81 bits per heavy atom. The second-order valence-electron chi connectivity index (χ2n) is 6.07. The van der Waals surface area contributed by atoms with E-state index in [4.69, 9.17) is 21.3 Å². The van der Waals surface area contributed by atoms with Gasteiger partial charge in [0.2, 0.25) is 0 Å². The molecule has 0 fully saturated rings. The van der Waals surface area contributed by atoms with Gasteiger partial charge in [-0.3, -0.25) is 9.36 Å². The maximum Gasteiger partial charge on any atom is 0.262 e. The van der Waals surface area contributed by atoms with Crippen LogP contribution in [-0.4, -0.2) is 23.3 Å². The summed E-state index contributed by atoms with van der Waals surface area (Å²) < 4.78 is 6.88. The molecular weight excluding hydrogens is 368 g/mol. The quantitative estimate of drug-likeness (QED) is 0.334. The van der Waals surface area contributed by atoms with Crippen LogP contribution in [0.1, 0.15) is 17.5 Å². The van der Waals surface area contributed by atoms with E-state index >= 15 is 0 Å². The molecule has 3 aromatic rings. The predicted molar refractivity (Wildman–Crippen MR) is 108 cm³/mol. The molecule has 26 heavy (non-hydrogen) atoms. The highest BCUT2D eigenvalue weighted by molar-refractivity contribution is 7.98. The minimum atomic E-state index is -0.0324. The van der Waals surface area contributed by atoms with Crippen LogP contribution in [0.5, 0.6) is 0 Å². The van der Waals surface area contributed by atoms with E-state index in [0.717, 1.165) is 12.2 Å². The molecule has 0 saturated carbocycles. The Labute approximate surface area is 162 Å². The van der Waals surface area contributed by atoms with Crippen molar-refractivity contribution in [2.45, 2.75) is 30.8 Å². The number of fused-ring (bicyclic) bond motifs is 1. The van der Waals surface area contributed by atoms with Crippen LogP contribution in [0.2, 0.25) is 5.02 Å². The van der Waals surface area contributed by atoms with Gasteiger partial charge in [-0.2, -0.15) is 0 Å². The van der Waals surface area contributed by atoms with Gasteiger partial charge >= 0.3 is 0 Å². The molecule has 2 aromatic carbocycles. The number of aryl methyl sites for hydroxylation is 1. The van der Waals surface area contributed by atoms with Crippen molar-refractivity contribution in [3.63, 3.8) is 0 Å². The van der Waals surface area contributed by atoms with Crippen LogP contribution in [0.3, 0.4) is 0 Å². The largest absolute Gasteiger partial charge is 0.385 e. The van der Waals surface area contributed by atoms with Crippen LogP contribution in [0.25, 0.3) is 10.9 Å². The zero-order valence-electron chi connectivity index (χ0n) is 14.9. The van der Waals surface area contributed by atoms with Gasteiger partial charge in [0.25, 0.3) is 5.56 Å². The van der Waals surface area contributed by atoms with E-state index in [1.54, 1.807) is 41.6 Å². The molecule has 6 heteroatoms. The highest BCUT2D eigenvalue weighted by atomic mass is 35.5. The Bertz CT molecular complexity index is 972. The molecule has 0 spiro atoms. The number of rotatable bonds is 7. The fourth-order valence-corrected chi connectivity index (χ4v) is 4.03. The fourth-order valence-electron chi connectivity index (χ4n) is 2.76. The Morgan fingerprint density at radius 2 is 2.04 bits per heavy atom. The van der Waals surface area contributed by atoms with E-state index in [0.29, 0.717) is 34.2 Å². The van der Waals surface area contributed by atoms with E-state index < -0.39 is 0 Å². The first-order chi connectivity index (χ1) is 12.6. The number of benzene rings is 2. The third-order valence-corrected chi connectivity index (χ3v) is 5.49. The van der Waals surface area contributed by atoms with Gasteiger partial charge in [-0.25, -0.2) is 4.98 Å². The molecule has 3 rings (SSSR count). The molecule has 0 bridgehead atoms. The first-order valence-corrected chi connectivity index (χ1v) is 9.83. The van der Waals surface area contributed by atoms with Gasteiger partial charge in [-0.1, -0.05) is 47.6 Å². The number of ether oxygens (including phenoxy) is 1. The Kier molecular flexibility index (Phi) is 6.35. The van der Waals surface area contributed by atoms with Gasteiger partial charge in [-0.15, -0.1) is 0 Å². The average molecular weight is 389 g/mol. The Morgan fingerprint density at radius 1 is 1.23 bits per heavy atom. The highest BCUT2D eigenvalue weighted by Crippen LogP contribution is 2.25. The topological polar surface area (TPSA) is 44.1 Å². The average Bonchev–Trinajstić information content (AvgIpc) is 2.63. The number of methoxy groups -OCH3 is 1. The second-order valence-corrected chi connectivity index (χ2v) is 7.45. The van der Waals surface area contributed by atoms with Crippen LogP contribution in [0, 0.1) is 6.92 Å². The summed E-state index contributed by atoms with van der Waals surface area (Å²) in [6.07, 6.45) is 0.759. The Hall–Kier alpha value is -1.82. The smallest absolute Gasteiger partial charge is 0.262 e. The summed E-state index contributed by atoms with van der Waals surface area (Å²) in [5.41, 5.74) is 3.08. The molecule has 0 aliphatic rings. The van der Waals surface area contributed by atoms with Crippen molar-refractivity contribution in [3.8, 4) is 0 Å². The molecule has 0 aliphatic heterocycles. The van der Waals surface area contributed by atoms with E-state index in [2.05, 4.69) is 19.1 Å². The van der Waals surface area contributed by atoms with Crippen LogP contribution < -0.4 is 5.56 Å². The van der Waals surface area contributed by atoms with Gasteiger partial charge in [0.1, 0.15) is 0 Å². The number of aromatic nitrogens is 2. The van der Waals surface area contributed by atoms with Crippen molar-refractivity contribution in [1.82, 2.24) is 9.55 Å². The molecule has 0 atom stereocenters. The summed E-state index contributed by atoms with van der Waals surface area (Å²) in [5, 5.41) is 1.88. The third-order valence-electron chi connectivity index (χ3n) is 4.23. The summed E-state index contributed by atoms with van der Waals surface area (Å²) >= 11 is 7.66. The molecule has 1 aromatic heterocycles. The van der Waals surface area contributed by atoms with Crippen molar-refractivity contribution in [3.05, 3.63) is 69.0 Å². The summed E-state index contributed by atoms with van der Waals surface area (Å²) in [5.74, 6) is 0.759. The van der Waals surface area contributed by atoms with Crippen LogP contribution in [0.4, 0.5) is 0 Å². The lowest BCUT2D eigenvalue weighted by Gasteiger charge is -2.13. The van der Waals surface area contributed by atoms with Crippen molar-refractivity contribution >= 4 is 34.3 Å². The predicted octanol–water partition coefficient (Wildman–Crippen LogP) is 4.69. The third kappa shape index (κ3) is 4.29. The fraction of sp³-hybridized carbons (Fsp3) is 0.300. The van der Waals surface area contributed by atoms with Gasteiger partial charge in [0, 0.05) is 31.0 Å². The number of hydrogen-bond acceptors (Lipinski definition) is 4. The SMILES string of the molecule is COCCCn1c(SCc2ccccc2C)nc2cc(Cl)ccc2c1=O. The molecule has 0 amide bonds. The molecule has 136 valence electrons. The van der Waals surface area contributed by atoms with Crippen molar-refractivity contribution < 1.29 is 4.74 Å². The summed E-state index contributed by atoms with van der Waals surface area (Å²) in [6.45, 7) is 3.27. The van der Waals surface area contributed by atoms with E-state index in [9.17, 15) is 4.79 Å². The lowest BCUT2D eigenvalue weighted by Crippen LogP contribution is -2.24. The van der Waals surface area contributed by atoms with Crippen molar-refractivity contribution in [2.75, 3.05) is 13.7 Å². The summed E-state index contributed by atoms with van der Waals surface area (Å²) in [6, 6.07) is 13.5. The molecule has 0 aliphatic carbocycles. The van der Waals surface area contributed by atoms with Crippen LogP contribution in [-0.2, 0) is 17.0 Å². The summed E-state index contributed by atoms with van der Waals surface area (Å²) in [7, 11) is 1.66. The van der Waals surface area contributed by atoms with E-state index in [1.165, 1.54) is 11.1 Å². The van der Waals surface area contributed by atoms with Gasteiger partial charge in [0.15, 0.2) is 5.16 Å². The maximum atomic E-state index is 13.0. The van der Waals surface area contributed by atoms with Gasteiger partial charge in [0.05, 0.1) is 10.9 Å². The Balaban J connectivity index is 1.98. The molecule has 0 N–H and O–H groups in total. The first-order valence-electron chi connectivity index (χ1n) is 8.46. The van der Waals surface area contributed by atoms with Gasteiger partial charge in [-0.05, 0) is 42.7 Å². The zero-order valence-corrected chi connectivity index (χ0v) is 16.4. The van der Waals surface area contributed by atoms with Crippen molar-refractivity contribution in [1.29, 1.82) is 0 Å². The molecule has 0 radical (unpaired) electrons. The number of halogens is 1. The monoisotopic (exact) mass is 388 g/mol. The van der Waals surface area contributed by atoms with Crippen molar-refractivity contribution in [2.24, 2.45) is 0 Å². The second kappa shape index (κ2) is 8.71. The van der Waals surface area contributed by atoms with E-state index in [1.807, 2.05) is 12.1 Å². The molecule has 0 unspecified atom stereocenters. The molecule has 1 heterocycles. The number of hydrogen-bond donors (Lipinski definition) is 0. The van der Waals surface area contributed by atoms with E-state index in [-0.39, 0.29) is 5.56 Å². The minimum Gasteiger partial charge on any atom is -0.385 e. The first kappa shape index (κ1) is 19.0. The zero-order chi connectivity index (χ0) is 18.5. The minimum absolute atomic E-state index is 0.0324. The standard InChI is InChI=1S/C20H21ClN2O2S/c1-14-6-3-4-7-15(14)13-26-20-22-18-12-16(21)8-9-17(18)19(24)23(20)10-5-11-25-2/h3-4,6-9,12H,5,10-11,13H2,1-2H3.